The molecule has 4 aliphatic rings. The Labute approximate surface area is 172 Å². The molecule has 1 aromatic rings. The second-order valence-electron chi connectivity index (χ2n) is 9.57. The average molecular weight is 395 g/mol. The van der Waals surface area contributed by atoms with E-state index in [0.717, 1.165) is 37.7 Å². The number of fused-ring (bicyclic) bond motifs is 6. The summed E-state index contributed by atoms with van der Waals surface area (Å²) < 4.78 is 0. The Hall–Kier alpha value is -2.17. The van der Waals surface area contributed by atoms with E-state index in [4.69, 9.17) is 0 Å². The third-order valence-corrected chi connectivity index (χ3v) is 7.96. The zero-order chi connectivity index (χ0) is 20.3. The predicted molar refractivity (Wildman–Crippen MR) is 109 cm³/mol. The molecule has 0 spiro atoms. The largest absolute Gasteiger partial charge is 0.348 e. The van der Waals surface area contributed by atoms with Crippen molar-refractivity contribution in [2.24, 2.45) is 23.7 Å². The van der Waals surface area contributed by atoms with Crippen molar-refractivity contribution in [1.29, 1.82) is 0 Å². The van der Waals surface area contributed by atoms with E-state index in [1.54, 1.807) is 6.92 Å². The molecule has 5 nitrogen and oxygen atoms in total. The van der Waals surface area contributed by atoms with Gasteiger partial charge in [-0.3, -0.25) is 19.3 Å². The van der Waals surface area contributed by atoms with Gasteiger partial charge >= 0.3 is 0 Å². The lowest BCUT2D eigenvalue weighted by Crippen LogP contribution is -2.49. The van der Waals surface area contributed by atoms with Crippen LogP contribution in [0.15, 0.2) is 18.2 Å². The Morgan fingerprint density at radius 3 is 2.28 bits per heavy atom. The molecule has 5 heteroatoms. The van der Waals surface area contributed by atoms with Crippen LogP contribution in [0.1, 0.15) is 68.7 Å². The number of carbonyl (C=O) groups is 3. The summed E-state index contributed by atoms with van der Waals surface area (Å²) in [6, 6.07) is 5.58. The number of benzene rings is 1. The van der Waals surface area contributed by atoms with E-state index < -0.39 is 6.04 Å². The van der Waals surface area contributed by atoms with E-state index in [2.05, 4.69) is 23.5 Å². The lowest BCUT2D eigenvalue weighted by atomic mass is 9.81. The first-order valence-electron chi connectivity index (χ1n) is 11.2. The zero-order valence-corrected chi connectivity index (χ0v) is 17.3. The summed E-state index contributed by atoms with van der Waals surface area (Å²) in [5.41, 5.74) is 3.89. The lowest BCUT2D eigenvalue weighted by molar-refractivity contribution is -0.148. The molecule has 1 aliphatic heterocycles. The molecule has 2 saturated carbocycles. The molecule has 3 aliphatic carbocycles. The fourth-order valence-electron chi connectivity index (χ4n) is 6.37. The van der Waals surface area contributed by atoms with Crippen LogP contribution in [0.2, 0.25) is 0 Å². The minimum Gasteiger partial charge on any atom is -0.348 e. The number of likely N-dealkylation sites (tertiary alicyclic amines) is 1. The second kappa shape index (κ2) is 6.96. The molecular formula is C24H30N2O3. The molecular weight excluding hydrogens is 364 g/mol. The molecule has 29 heavy (non-hydrogen) atoms. The van der Waals surface area contributed by atoms with Gasteiger partial charge in [0, 0.05) is 0 Å². The van der Waals surface area contributed by atoms with Gasteiger partial charge in [-0.1, -0.05) is 18.2 Å². The quantitative estimate of drug-likeness (QED) is 0.798. The van der Waals surface area contributed by atoms with Gasteiger partial charge in [0.2, 0.25) is 17.7 Å². The van der Waals surface area contributed by atoms with Gasteiger partial charge in [0.05, 0.1) is 17.9 Å². The SMILES string of the molecule is C[C@H](NC(=O)[C@H](C)N1C(=O)[C@@H]2[C@H]3CC[C@@H](C3)[C@H]2C1=O)c1ccc2c(c1)CCCC2. The first-order valence-corrected chi connectivity index (χ1v) is 11.2. The summed E-state index contributed by atoms with van der Waals surface area (Å²) in [5, 5.41) is 3.04. The second-order valence-corrected chi connectivity index (χ2v) is 9.57. The van der Waals surface area contributed by atoms with E-state index in [0.29, 0.717) is 11.8 Å². The monoisotopic (exact) mass is 394 g/mol. The molecule has 6 atom stereocenters. The van der Waals surface area contributed by atoms with Crippen molar-refractivity contribution in [1.82, 2.24) is 10.2 Å². The first kappa shape index (κ1) is 18.8. The highest BCUT2D eigenvalue weighted by atomic mass is 16.2. The van der Waals surface area contributed by atoms with Crippen LogP contribution in [0.4, 0.5) is 0 Å². The maximum atomic E-state index is 13.0. The first-order chi connectivity index (χ1) is 14.0. The number of hydrogen-bond acceptors (Lipinski definition) is 3. The van der Waals surface area contributed by atoms with E-state index in [1.165, 1.54) is 28.9 Å². The topological polar surface area (TPSA) is 66.5 Å². The van der Waals surface area contributed by atoms with Crippen LogP contribution in [-0.4, -0.2) is 28.7 Å². The van der Waals surface area contributed by atoms with E-state index in [1.807, 2.05) is 6.92 Å². The van der Waals surface area contributed by atoms with Gasteiger partial charge in [0.25, 0.3) is 0 Å². The summed E-state index contributed by atoms with van der Waals surface area (Å²) >= 11 is 0. The van der Waals surface area contributed by atoms with Gasteiger partial charge in [-0.2, -0.15) is 0 Å². The smallest absolute Gasteiger partial charge is 0.243 e. The molecule has 0 unspecified atom stereocenters. The summed E-state index contributed by atoms with van der Waals surface area (Å²) in [5.74, 6) is -0.131. The van der Waals surface area contributed by atoms with Crippen molar-refractivity contribution < 1.29 is 14.4 Å². The van der Waals surface area contributed by atoms with Gasteiger partial charge < -0.3 is 5.32 Å². The number of amides is 3. The molecule has 1 aromatic carbocycles. The molecule has 0 aromatic heterocycles. The molecule has 2 bridgehead atoms. The van der Waals surface area contributed by atoms with Crippen LogP contribution in [0.5, 0.6) is 0 Å². The number of hydrogen-bond donors (Lipinski definition) is 1. The molecule has 3 fully saturated rings. The molecule has 0 radical (unpaired) electrons. The van der Waals surface area contributed by atoms with Crippen LogP contribution in [-0.2, 0) is 27.2 Å². The number of imide groups is 1. The highest BCUT2D eigenvalue weighted by Crippen LogP contribution is 2.56. The standard InChI is InChI=1S/C24H30N2O3/c1-13(16-8-7-15-5-3-4-6-17(15)11-16)25-22(27)14(2)26-23(28)20-18-9-10-19(12-18)21(20)24(26)29/h7-8,11,13-14,18-21H,3-6,9-10,12H2,1-2H3,(H,25,27)/t13-,14-,18-,19-,20+,21+/m0/s1. The average Bonchev–Trinajstić information content (AvgIpc) is 3.41. The van der Waals surface area contributed by atoms with Gasteiger partial charge in [-0.25, -0.2) is 0 Å². The Kier molecular flexibility index (Phi) is 4.52. The highest BCUT2D eigenvalue weighted by molar-refractivity contribution is 6.09. The number of nitrogens with zero attached hydrogens (tertiary/aromatic N) is 1. The molecule has 1 N–H and O–H groups in total. The lowest BCUT2D eigenvalue weighted by Gasteiger charge is -2.26. The number of aryl methyl sites for hydroxylation is 2. The molecule has 5 rings (SSSR count). The third kappa shape index (κ3) is 2.92. The van der Waals surface area contributed by atoms with Crippen molar-refractivity contribution >= 4 is 17.7 Å². The van der Waals surface area contributed by atoms with E-state index in [9.17, 15) is 14.4 Å². The maximum absolute atomic E-state index is 13.0. The Bertz CT molecular complexity index is 851. The van der Waals surface area contributed by atoms with Gasteiger partial charge in [0.15, 0.2) is 0 Å². The summed E-state index contributed by atoms with van der Waals surface area (Å²) in [4.78, 5) is 40.2. The van der Waals surface area contributed by atoms with Crippen molar-refractivity contribution in [3.8, 4) is 0 Å². The fraction of sp³-hybridized carbons (Fsp3) is 0.625. The zero-order valence-electron chi connectivity index (χ0n) is 17.3. The number of carbonyl (C=O) groups excluding carboxylic acids is 3. The molecule has 1 saturated heterocycles. The number of nitrogens with one attached hydrogen (secondary N) is 1. The van der Waals surface area contributed by atoms with Gasteiger partial charge in [-0.05, 0) is 87.3 Å². The fourth-order valence-corrected chi connectivity index (χ4v) is 6.37. The van der Waals surface area contributed by atoms with Crippen LogP contribution in [0.25, 0.3) is 0 Å². The minimum atomic E-state index is -0.750. The maximum Gasteiger partial charge on any atom is 0.243 e. The van der Waals surface area contributed by atoms with Crippen LogP contribution >= 0.6 is 0 Å². The van der Waals surface area contributed by atoms with Crippen LogP contribution in [0, 0.1) is 23.7 Å². The Morgan fingerprint density at radius 2 is 1.62 bits per heavy atom. The Morgan fingerprint density at radius 1 is 1.00 bits per heavy atom. The van der Waals surface area contributed by atoms with Crippen molar-refractivity contribution in [3.05, 3.63) is 34.9 Å². The van der Waals surface area contributed by atoms with Crippen molar-refractivity contribution in [3.63, 3.8) is 0 Å². The Balaban J connectivity index is 1.28. The molecule has 1 heterocycles. The molecule has 154 valence electrons. The predicted octanol–water partition coefficient (Wildman–Crippen LogP) is 3.16. The number of rotatable bonds is 4. The van der Waals surface area contributed by atoms with Crippen LogP contribution < -0.4 is 5.32 Å². The van der Waals surface area contributed by atoms with E-state index in [-0.39, 0.29) is 35.6 Å². The normalized spacial score (nSPS) is 32.1. The van der Waals surface area contributed by atoms with Gasteiger partial charge in [-0.15, -0.1) is 0 Å². The summed E-state index contributed by atoms with van der Waals surface area (Å²) in [6.07, 6.45) is 7.81. The minimum absolute atomic E-state index is 0.115. The van der Waals surface area contributed by atoms with Crippen molar-refractivity contribution in [2.75, 3.05) is 0 Å². The molecule has 3 amide bonds. The van der Waals surface area contributed by atoms with Gasteiger partial charge in [0.1, 0.15) is 6.04 Å². The summed E-state index contributed by atoms with van der Waals surface area (Å²) in [7, 11) is 0. The van der Waals surface area contributed by atoms with Crippen molar-refractivity contribution in [2.45, 2.75) is 70.9 Å². The van der Waals surface area contributed by atoms with Crippen LogP contribution in [0.3, 0.4) is 0 Å². The summed E-state index contributed by atoms with van der Waals surface area (Å²) in [6.45, 7) is 3.66. The highest BCUT2D eigenvalue weighted by Gasteiger charge is 2.62. The third-order valence-electron chi connectivity index (χ3n) is 7.96. The van der Waals surface area contributed by atoms with E-state index >= 15 is 0 Å².